The Bertz CT molecular complexity index is 1520. The highest BCUT2D eigenvalue weighted by atomic mass is 35.5. The van der Waals surface area contributed by atoms with Crippen molar-refractivity contribution in [1.82, 2.24) is 13.5 Å². The lowest BCUT2D eigenvalue weighted by atomic mass is 10.2. The summed E-state index contributed by atoms with van der Waals surface area (Å²) in [5, 5.41) is 0. The summed E-state index contributed by atoms with van der Waals surface area (Å²) in [6.07, 6.45) is 1.26. The van der Waals surface area contributed by atoms with E-state index in [9.17, 15) is 16.8 Å². The van der Waals surface area contributed by atoms with Gasteiger partial charge in [-0.2, -0.15) is 8.61 Å². The maximum absolute atomic E-state index is 13.8. The third-order valence-corrected chi connectivity index (χ3v) is 10.9. The number of sulfonamides is 2. The molecule has 0 N–H and O–H groups in total. The van der Waals surface area contributed by atoms with Crippen LogP contribution in [0.3, 0.4) is 0 Å². The molecule has 0 aliphatic carbocycles. The van der Waals surface area contributed by atoms with Gasteiger partial charge in [0.2, 0.25) is 20.0 Å². The molecule has 0 bridgehead atoms. The van der Waals surface area contributed by atoms with E-state index in [1.165, 1.54) is 27.9 Å². The Kier molecular flexibility index (Phi) is 12.2. The topological polar surface area (TPSA) is 87.2 Å². The molecule has 8 nitrogen and oxygen atoms in total. The molecule has 0 atom stereocenters. The predicted molar refractivity (Wildman–Crippen MR) is 169 cm³/mol. The van der Waals surface area contributed by atoms with Gasteiger partial charge in [-0.25, -0.2) is 16.8 Å². The minimum absolute atomic E-state index is 0. The summed E-state index contributed by atoms with van der Waals surface area (Å²) in [7, 11) is -6.15. The second-order valence-corrected chi connectivity index (χ2v) is 14.3. The normalized spacial score (nSPS) is 17.0. The first-order valence-electron chi connectivity index (χ1n) is 13.7. The molecule has 4 rings (SSSR count). The first kappa shape index (κ1) is 33.8. The predicted octanol–water partition coefficient (Wildman–Crippen LogP) is 4.96. The van der Waals surface area contributed by atoms with Crippen molar-refractivity contribution >= 4 is 32.5 Å². The van der Waals surface area contributed by atoms with E-state index in [1.54, 1.807) is 36.4 Å². The molecule has 1 saturated heterocycles. The number of nitrogens with zero attached hydrogens (tertiary/aromatic N) is 3. The number of methoxy groups -OCH3 is 1. The molecule has 3 aromatic carbocycles. The van der Waals surface area contributed by atoms with Gasteiger partial charge in [-0.15, -0.1) is 12.4 Å². The molecule has 0 radical (unpaired) electrons. The van der Waals surface area contributed by atoms with E-state index in [-0.39, 0.29) is 41.8 Å². The number of benzene rings is 3. The molecule has 1 aliphatic heterocycles. The maximum atomic E-state index is 13.8. The molecule has 0 aromatic heterocycles. The molecular weight excluding hydrogens is 594 g/mol. The van der Waals surface area contributed by atoms with Crippen molar-refractivity contribution in [3.8, 4) is 5.75 Å². The summed E-state index contributed by atoms with van der Waals surface area (Å²) in [4.78, 5) is 2.64. The van der Waals surface area contributed by atoms with E-state index in [1.807, 2.05) is 25.1 Å². The molecule has 1 fully saturated rings. The van der Waals surface area contributed by atoms with Crippen molar-refractivity contribution < 1.29 is 21.6 Å². The first-order valence-corrected chi connectivity index (χ1v) is 16.6. The van der Waals surface area contributed by atoms with Crippen LogP contribution >= 0.6 is 12.4 Å². The number of halogens is 1. The van der Waals surface area contributed by atoms with Crippen LogP contribution in [0.15, 0.2) is 101 Å². The highest BCUT2D eigenvalue weighted by molar-refractivity contribution is 7.89. The summed E-state index contributed by atoms with van der Waals surface area (Å²) < 4.78 is 63.0. The number of ether oxygens (including phenoxy) is 1. The molecular formula is C31H40ClN3O5S2. The Hall–Kier alpha value is -2.73. The number of rotatable bonds is 7. The van der Waals surface area contributed by atoms with E-state index < -0.39 is 20.0 Å². The van der Waals surface area contributed by atoms with Gasteiger partial charge in [0.25, 0.3) is 0 Å². The average molecular weight is 634 g/mol. The molecule has 0 amide bonds. The van der Waals surface area contributed by atoms with Gasteiger partial charge in [0.15, 0.2) is 0 Å². The first-order chi connectivity index (χ1) is 19.6. The van der Waals surface area contributed by atoms with Gasteiger partial charge in [0.1, 0.15) is 5.75 Å². The lowest BCUT2D eigenvalue weighted by Crippen LogP contribution is -2.41. The van der Waals surface area contributed by atoms with E-state index in [4.69, 9.17) is 4.74 Å². The highest BCUT2D eigenvalue weighted by Gasteiger charge is 2.29. The molecule has 3 aromatic rings. The molecule has 0 unspecified atom stereocenters. The summed E-state index contributed by atoms with van der Waals surface area (Å²) in [5.41, 5.74) is 2.64. The second-order valence-electron chi connectivity index (χ2n) is 10.4. The zero-order valence-electron chi connectivity index (χ0n) is 24.2. The van der Waals surface area contributed by atoms with Gasteiger partial charge in [-0.3, -0.25) is 4.90 Å². The van der Waals surface area contributed by atoms with Crippen LogP contribution in [0.5, 0.6) is 5.75 Å². The fourth-order valence-electron chi connectivity index (χ4n) is 4.93. The Labute approximate surface area is 257 Å². The van der Waals surface area contributed by atoms with E-state index in [0.717, 1.165) is 11.1 Å². The molecule has 1 aliphatic rings. The van der Waals surface area contributed by atoms with E-state index >= 15 is 0 Å². The molecule has 0 saturated carbocycles. The lowest BCUT2D eigenvalue weighted by molar-refractivity contribution is 0.238. The summed E-state index contributed by atoms with van der Waals surface area (Å²) in [6.45, 7) is 8.71. The summed E-state index contributed by atoms with van der Waals surface area (Å²) in [5.74, 6) is 0.565. The largest absolute Gasteiger partial charge is 0.497 e. The van der Waals surface area contributed by atoms with Gasteiger partial charge in [-0.1, -0.05) is 54.6 Å². The number of aryl methyl sites for hydroxylation is 1. The van der Waals surface area contributed by atoms with Crippen LogP contribution in [-0.2, 0) is 26.6 Å². The SMILES string of the molecule is C=C1CN(S(=O)(=O)c2ccc(C)cc2)CCCN(Cc2ccccc2)CCCN(S(=O)(=O)c2ccc(OC)cc2)C1.Cl. The van der Waals surface area contributed by atoms with Gasteiger partial charge in [-0.05, 0) is 80.4 Å². The molecule has 1 heterocycles. The van der Waals surface area contributed by atoms with E-state index in [2.05, 4.69) is 23.6 Å². The highest BCUT2D eigenvalue weighted by Crippen LogP contribution is 2.23. The number of hydrogen-bond donors (Lipinski definition) is 0. The Morgan fingerprint density at radius 1 is 0.714 bits per heavy atom. The van der Waals surface area contributed by atoms with Crippen molar-refractivity contribution in [3.05, 3.63) is 102 Å². The zero-order chi connectivity index (χ0) is 29.5. The van der Waals surface area contributed by atoms with Gasteiger partial charge < -0.3 is 4.74 Å². The Morgan fingerprint density at radius 3 is 1.67 bits per heavy atom. The van der Waals surface area contributed by atoms with Crippen LogP contribution in [0.2, 0.25) is 0 Å². The van der Waals surface area contributed by atoms with Crippen molar-refractivity contribution in [2.45, 2.75) is 36.1 Å². The minimum Gasteiger partial charge on any atom is -0.497 e. The number of hydrogen-bond acceptors (Lipinski definition) is 6. The standard InChI is InChI=1S/C31H39N3O5S2.ClH/c1-26-11-15-30(16-12-26)40(35,36)33-21-7-19-32(25-28-9-5-4-6-10-28)20-8-22-34(24-27(2)23-33)41(37,38)31-17-13-29(39-3)14-18-31;/h4-6,9-18H,2,7-8,19-25H2,1,3H3;1H. The van der Waals surface area contributed by atoms with Gasteiger partial charge in [0, 0.05) is 32.7 Å². The fraction of sp³-hybridized carbons (Fsp3) is 0.355. The molecule has 11 heteroatoms. The molecule has 42 heavy (non-hydrogen) atoms. The third-order valence-electron chi connectivity index (χ3n) is 7.17. The van der Waals surface area contributed by atoms with Crippen LogP contribution in [0.4, 0.5) is 0 Å². The third kappa shape index (κ3) is 8.65. The smallest absolute Gasteiger partial charge is 0.243 e. The Morgan fingerprint density at radius 2 is 1.19 bits per heavy atom. The zero-order valence-corrected chi connectivity index (χ0v) is 26.6. The van der Waals surface area contributed by atoms with Crippen LogP contribution in [0, 0.1) is 6.92 Å². The second kappa shape index (κ2) is 15.1. The van der Waals surface area contributed by atoms with E-state index in [0.29, 0.717) is 50.3 Å². The summed E-state index contributed by atoms with van der Waals surface area (Å²) >= 11 is 0. The molecule has 0 spiro atoms. The summed E-state index contributed by atoms with van der Waals surface area (Å²) in [6, 6.07) is 23.2. The van der Waals surface area contributed by atoms with Crippen LogP contribution in [0.1, 0.15) is 24.0 Å². The van der Waals surface area contributed by atoms with Crippen LogP contribution in [-0.4, -0.2) is 76.7 Å². The van der Waals surface area contributed by atoms with Crippen LogP contribution in [0.25, 0.3) is 0 Å². The van der Waals surface area contributed by atoms with Gasteiger partial charge >= 0.3 is 0 Å². The maximum Gasteiger partial charge on any atom is 0.243 e. The quantitative estimate of drug-likeness (QED) is 0.342. The monoisotopic (exact) mass is 633 g/mol. The Balaban J connectivity index is 0.00000484. The van der Waals surface area contributed by atoms with Crippen molar-refractivity contribution in [2.75, 3.05) is 46.4 Å². The molecule has 228 valence electrons. The van der Waals surface area contributed by atoms with Crippen molar-refractivity contribution in [1.29, 1.82) is 0 Å². The van der Waals surface area contributed by atoms with Crippen molar-refractivity contribution in [2.24, 2.45) is 0 Å². The fourth-order valence-corrected chi connectivity index (χ4v) is 7.93. The average Bonchev–Trinajstić information content (AvgIpc) is 2.96. The lowest BCUT2D eigenvalue weighted by Gasteiger charge is -2.30. The van der Waals surface area contributed by atoms with Crippen LogP contribution < -0.4 is 4.74 Å². The van der Waals surface area contributed by atoms with Crippen molar-refractivity contribution in [3.63, 3.8) is 0 Å². The van der Waals surface area contributed by atoms with Gasteiger partial charge in [0.05, 0.1) is 16.9 Å². The minimum atomic E-state index is -3.86.